The number of nitrogens with one attached hydrogen (secondary N) is 3. The normalized spacial score (nSPS) is 15.1. The molecule has 1 aliphatic rings. The zero-order chi connectivity index (χ0) is 35.8. The number of nitrogens with zero attached hydrogens (tertiary/aromatic N) is 6. The summed E-state index contributed by atoms with van der Waals surface area (Å²) >= 11 is 12.8. The molecule has 15 heteroatoms. The SMILES string of the molecule is CC(C)(C)N1CCC(n2cc([C@@H](Nc3cc(Cl)c4ncc(C#N)c(Nc5ccc(F)c(Cl)c5)c4c3)c3cccc(NS(C)(=O)=O)c3)nn2)CC1. The lowest BCUT2D eigenvalue weighted by Gasteiger charge is -2.40. The maximum Gasteiger partial charge on any atom is 0.229 e. The fraction of sp³-hybridized carbons (Fsp3) is 0.314. The predicted molar refractivity (Wildman–Crippen MR) is 196 cm³/mol. The van der Waals surface area contributed by atoms with Crippen molar-refractivity contribution in [3.63, 3.8) is 0 Å². The van der Waals surface area contributed by atoms with E-state index in [1.807, 2.05) is 16.9 Å². The monoisotopic (exact) mass is 735 g/mol. The summed E-state index contributed by atoms with van der Waals surface area (Å²) in [5, 5.41) is 26.6. The van der Waals surface area contributed by atoms with Crippen molar-refractivity contribution >= 4 is 66.9 Å². The smallest absolute Gasteiger partial charge is 0.229 e. The van der Waals surface area contributed by atoms with Crippen LogP contribution in [0.15, 0.2) is 67.0 Å². The molecule has 2 aromatic heterocycles. The van der Waals surface area contributed by atoms with E-state index in [9.17, 15) is 18.1 Å². The molecule has 0 saturated carbocycles. The van der Waals surface area contributed by atoms with E-state index in [4.69, 9.17) is 23.2 Å². The van der Waals surface area contributed by atoms with Gasteiger partial charge in [-0.3, -0.25) is 14.6 Å². The third-order valence-electron chi connectivity index (χ3n) is 8.68. The van der Waals surface area contributed by atoms with Crippen molar-refractivity contribution in [1.29, 1.82) is 5.26 Å². The summed E-state index contributed by atoms with van der Waals surface area (Å²) in [4.78, 5) is 6.91. The van der Waals surface area contributed by atoms with Gasteiger partial charge in [-0.05, 0) is 81.6 Å². The minimum absolute atomic E-state index is 0.0736. The highest BCUT2D eigenvalue weighted by atomic mass is 35.5. The Balaban J connectivity index is 1.40. The lowest BCUT2D eigenvalue weighted by Crippen LogP contribution is -2.46. The Hall–Kier alpha value is -4.48. The maximum atomic E-state index is 13.9. The number of piperidine rings is 1. The highest BCUT2D eigenvalue weighted by Gasteiger charge is 2.29. The first-order valence-electron chi connectivity index (χ1n) is 15.9. The van der Waals surface area contributed by atoms with Crippen LogP contribution >= 0.6 is 23.2 Å². The number of benzene rings is 3. The number of aromatic nitrogens is 4. The number of sulfonamides is 1. The summed E-state index contributed by atoms with van der Waals surface area (Å²) in [6, 6.07) is 16.5. The van der Waals surface area contributed by atoms with Crippen LogP contribution in [0, 0.1) is 17.1 Å². The maximum absolute atomic E-state index is 13.9. The van der Waals surface area contributed by atoms with Crippen LogP contribution < -0.4 is 15.4 Å². The van der Waals surface area contributed by atoms with Crippen LogP contribution in [0.1, 0.15) is 62.5 Å². The summed E-state index contributed by atoms with van der Waals surface area (Å²) in [5.41, 5.74) is 3.93. The van der Waals surface area contributed by atoms with E-state index in [1.54, 1.807) is 30.3 Å². The number of rotatable bonds is 9. The number of fused-ring (bicyclic) bond motifs is 1. The number of nitriles is 1. The quantitative estimate of drug-likeness (QED) is 0.138. The molecule has 0 radical (unpaired) electrons. The van der Waals surface area contributed by atoms with Gasteiger partial charge in [-0.1, -0.05) is 40.5 Å². The van der Waals surface area contributed by atoms with Crippen molar-refractivity contribution in [1.82, 2.24) is 24.9 Å². The van der Waals surface area contributed by atoms with E-state index in [-0.39, 0.29) is 22.2 Å². The molecular formula is C35H36Cl2FN9O2S. The zero-order valence-electron chi connectivity index (χ0n) is 27.9. The standard InChI is InChI=1S/C35H36Cl2FN9O2S/c1-35(2,3)46-12-10-26(11-13-46)47-20-31(43-45-47)33(21-6-5-7-24(14-21)44-50(4,48)49)42-25-15-27-32(41-23-8-9-30(38)28(36)16-23)22(18-39)19-40-34(27)29(37)17-25/h5-9,14-17,19-20,26,33,42,44H,10-13H2,1-4H3,(H,40,41)/t33-/m0/s1. The van der Waals surface area contributed by atoms with Gasteiger partial charge in [-0.2, -0.15) is 5.26 Å². The molecule has 3 aromatic carbocycles. The minimum Gasteiger partial charge on any atom is -0.373 e. The summed E-state index contributed by atoms with van der Waals surface area (Å²) < 4.78 is 42.6. The minimum atomic E-state index is -3.53. The third-order valence-corrected chi connectivity index (χ3v) is 9.86. The lowest BCUT2D eigenvalue weighted by atomic mass is 9.98. The molecular weight excluding hydrogens is 700 g/mol. The molecule has 11 nitrogen and oxygen atoms in total. The molecule has 0 amide bonds. The Bertz CT molecular complexity index is 2210. The summed E-state index contributed by atoms with van der Waals surface area (Å²) in [5.74, 6) is -0.569. The second-order valence-electron chi connectivity index (χ2n) is 13.4. The first kappa shape index (κ1) is 35.3. The Morgan fingerprint density at radius 3 is 2.44 bits per heavy atom. The van der Waals surface area contributed by atoms with E-state index in [0.717, 1.165) is 32.2 Å². The van der Waals surface area contributed by atoms with Gasteiger partial charge >= 0.3 is 0 Å². The average Bonchev–Trinajstić information content (AvgIpc) is 3.55. The molecule has 5 aromatic rings. The molecule has 50 heavy (non-hydrogen) atoms. The molecule has 1 atom stereocenters. The average molecular weight is 737 g/mol. The molecule has 3 heterocycles. The van der Waals surface area contributed by atoms with Gasteiger partial charge in [0.15, 0.2) is 0 Å². The molecule has 6 rings (SSSR count). The van der Waals surface area contributed by atoms with Crippen LogP contribution in [0.3, 0.4) is 0 Å². The summed E-state index contributed by atoms with van der Waals surface area (Å²) in [6.07, 6.45) is 6.29. The van der Waals surface area contributed by atoms with Crippen molar-refractivity contribution in [2.45, 2.75) is 51.2 Å². The summed E-state index contributed by atoms with van der Waals surface area (Å²) in [6.45, 7) is 8.55. The Kier molecular flexibility index (Phi) is 9.92. The lowest BCUT2D eigenvalue weighted by molar-refractivity contribution is 0.0866. The largest absolute Gasteiger partial charge is 0.373 e. The third kappa shape index (κ3) is 7.94. The first-order valence-corrected chi connectivity index (χ1v) is 18.6. The number of pyridine rings is 1. The fourth-order valence-electron chi connectivity index (χ4n) is 6.17. The molecule has 0 aliphatic carbocycles. The number of anilines is 4. The highest BCUT2D eigenvalue weighted by Crippen LogP contribution is 2.38. The van der Waals surface area contributed by atoms with Gasteiger partial charge in [0.25, 0.3) is 0 Å². The van der Waals surface area contributed by atoms with Gasteiger partial charge in [-0.15, -0.1) is 5.10 Å². The molecule has 0 bridgehead atoms. The molecule has 3 N–H and O–H groups in total. The van der Waals surface area contributed by atoms with E-state index < -0.39 is 21.9 Å². The van der Waals surface area contributed by atoms with Gasteiger partial charge in [0.1, 0.15) is 17.6 Å². The van der Waals surface area contributed by atoms with Crippen molar-refractivity contribution in [2.75, 3.05) is 34.7 Å². The first-order chi connectivity index (χ1) is 23.7. The van der Waals surface area contributed by atoms with E-state index in [0.29, 0.717) is 49.9 Å². The Morgan fingerprint density at radius 1 is 1.02 bits per heavy atom. The molecule has 1 saturated heterocycles. The van der Waals surface area contributed by atoms with Crippen molar-refractivity contribution in [2.24, 2.45) is 0 Å². The second-order valence-corrected chi connectivity index (χ2v) is 15.9. The van der Waals surface area contributed by atoms with Crippen molar-refractivity contribution in [3.8, 4) is 6.07 Å². The number of hydrogen-bond acceptors (Lipinski definition) is 9. The zero-order valence-corrected chi connectivity index (χ0v) is 30.2. The van der Waals surface area contributed by atoms with Gasteiger partial charge in [0.05, 0.1) is 51.3 Å². The molecule has 260 valence electrons. The predicted octanol–water partition coefficient (Wildman–Crippen LogP) is 7.90. The Labute approximate surface area is 300 Å². The number of likely N-dealkylation sites (tertiary alicyclic amines) is 1. The molecule has 1 aliphatic heterocycles. The second kappa shape index (κ2) is 14.0. The van der Waals surface area contributed by atoms with Crippen LogP contribution in [-0.4, -0.2) is 58.2 Å². The van der Waals surface area contributed by atoms with E-state index in [1.165, 1.54) is 24.4 Å². The van der Waals surface area contributed by atoms with Crippen LogP contribution in [0.2, 0.25) is 10.0 Å². The Morgan fingerprint density at radius 2 is 1.76 bits per heavy atom. The van der Waals surface area contributed by atoms with Crippen molar-refractivity contribution in [3.05, 3.63) is 99.7 Å². The van der Waals surface area contributed by atoms with Crippen LogP contribution in [0.5, 0.6) is 0 Å². The summed E-state index contributed by atoms with van der Waals surface area (Å²) in [7, 11) is -3.53. The van der Waals surface area contributed by atoms with Crippen LogP contribution in [0.4, 0.5) is 27.1 Å². The van der Waals surface area contributed by atoms with E-state index in [2.05, 4.69) is 62.4 Å². The van der Waals surface area contributed by atoms with Crippen LogP contribution in [0.25, 0.3) is 10.9 Å². The fourth-order valence-corrected chi connectivity index (χ4v) is 7.18. The van der Waals surface area contributed by atoms with Gasteiger partial charge < -0.3 is 10.6 Å². The molecule has 1 fully saturated rings. The molecule has 0 unspecified atom stereocenters. The van der Waals surface area contributed by atoms with Crippen LogP contribution in [-0.2, 0) is 10.0 Å². The topological polar surface area (TPSA) is 141 Å². The van der Waals surface area contributed by atoms with Gasteiger partial charge in [0, 0.05) is 47.3 Å². The van der Waals surface area contributed by atoms with E-state index >= 15 is 0 Å². The van der Waals surface area contributed by atoms with Gasteiger partial charge in [-0.25, -0.2) is 17.5 Å². The van der Waals surface area contributed by atoms with Gasteiger partial charge in [0.2, 0.25) is 10.0 Å². The van der Waals surface area contributed by atoms with Crippen molar-refractivity contribution < 1.29 is 12.8 Å². The molecule has 0 spiro atoms. The number of halogens is 3. The number of hydrogen-bond donors (Lipinski definition) is 3. The highest BCUT2D eigenvalue weighted by molar-refractivity contribution is 7.92.